The molecule has 0 radical (unpaired) electrons. The minimum absolute atomic E-state index is 0.203. The van der Waals surface area contributed by atoms with Gasteiger partial charge in [-0.15, -0.1) is 0 Å². The highest BCUT2D eigenvalue weighted by Gasteiger charge is 2.46. The van der Waals surface area contributed by atoms with Crippen molar-refractivity contribution in [2.45, 2.75) is 102 Å². The molecular weight excluding hydrogens is 428 g/mol. The monoisotopic (exact) mass is 472 g/mol. The summed E-state index contributed by atoms with van der Waals surface area (Å²) in [7, 11) is 0. The predicted octanol–water partition coefficient (Wildman–Crippen LogP) is 6.28. The van der Waals surface area contributed by atoms with Crippen LogP contribution in [0.1, 0.15) is 79.1 Å². The number of allylic oxidation sites excluding steroid dienone is 4. The van der Waals surface area contributed by atoms with Crippen LogP contribution in [-0.2, 0) is 0 Å². The second-order valence-electron chi connectivity index (χ2n) is 10.5. The average Bonchev–Trinajstić information content (AvgIpc) is 3.15. The molecule has 3 N–H and O–H groups in total. The lowest BCUT2D eigenvalue weighted by atomic mass is 9.64. The van der Waals surface area contributed by atoms with E-state index < -0.39 is 17.8 Å². The van der Waals surface area contributed by atoms with Crippen molar-refractivity contribution < 1.29 is 15.3 Å². The standard InChI is InChI=1S/C29H44O3S/c1-6-29(32,7-2)16-9-17-33-21(4)25-13-14-26-22(10-8-15-28(25,26)5)11-12-23-18-24(30)19-27(31)20(23)3/h9,11-13,16,21,24,26-27,30-32H,3,6-8,10,14-15,17-19H2,1-2,4-5H3/b16-9-,22-11?,23-12?/t21-,24+,26-,27-,28+/m0/s1. The summed E-state index contributed by atoms with van der Waals surface area (Å²) in [5.74, 6) is 1.46. The topological polar surface area (TPSA) is 60.7 Å². The van der Waals surface area contributed by atoms with Crippen LogP contribution < -0.4 is 0 Å². The third kappa shape index (κ3) is 5.96. The molecule has 5 atom stereocenters. The number of aliphatic hydroxyl groups excluding tert-OH is 2. The van der Waals surface area contributed by atoms with Gasteiger partial charge in [0, 0.05) is 17.4 Å². The number of fused-ring (bicyclic) bond motifs is 1. The fourth-order valence-corrected chi connectivity index (χ4v) is 7.03. The lowest BCUT2D eigenvalue weighted by Crippen LogP contribution is -2.33. The number of hydrogen-bond donors (Lipinski definition) is 3. The van der Waals surface area contributed by atoms with Gasteiger partial charge in [-0.05, 0) is 74.3 Å². The van der Waals surface area contributed by atoms with E-state index in [0.717, 1.165) is 42.6 Å². The van der Waals surface area contributed by atoms with Crippen molar-refractivity contribution >= 4 is 11.8 Å². The minimum atomic E-state index is -0.666. The summed E-state index contributed by atoms with van der Waals surface area (Å²) < 4.78 is 0. The van der Waals surface area contributed by atoms with Gasteiger partial charge >= 0.3 is 0 Å². The summed E-state index contributed by atoms with van der Waals surface area (Å²) in [6.45, 7) is 12.9. The minimum Gasteiger partial charge on any atom is -0.393 e. The first-order valence-corrected chi connectivity index (χ1v) is 13.9. The Morgan fingerprint density at radius 2 is 2.00 bits per heavy atom. The number of hydrogen-bond acceptors (Lipinski definition) is 4. The Bertz CT molecular complexity index is 832. The van der Waals surface area contributed by atoms with E-state index in [1.807, 2.05) is 31.7 Å². The second kappa shape index (κ2) is 11.1. The Hall–Kier alpha value is -1.07. The van der Waals surface area contributed by atoms with Gasteiger partial charge in [0.15, 0.2) is 0 Å². The van der Waals surface area contributed by atoms with Gasteiger partial charge in [-0.25, -0.2) is 0 Å². The van der Waals surface area contributed by atoms with E-state index in [2.05, 4.69) is 44.7 Å². The van der Waals surface area contributed by atoms with Gasteiger partial charge in [-0.1, -0.05) is 68.9 Å². The molecule has 0 aromatic carbocycles. The van der Waals surface area contributed by atoms with E-state index in [1.54, 1.807) is 5.57 Å². The van der Waals surface area contributed by atoms with Crippen LogP contribution in [0.4, 0.5) is 0 Å². The molecule has 0 saturated heterocycles. The Morgan fingerprint density at radius 3 is 2.70 bits per heavy atom. The molecule has 0 heterocycles. The Kier molecular flexibility index (Phi) is 8.94. The molecule has 3 aliphatic carbocycles. The zero-order valence-electron chi connectivity index (χ0n) is 21.0. The molecule has 33 heavy (non-hydrogen) atoms. The molecular formula is C29H44O3S. The summed E-state index contributed by atoms with van der Waals surface area (Å²) in [6, 6.07) is 0. The highest BCUT2D eigenvalue weighted by molar-refractivity contribution is 8.00. The van der Waals surface area contributed by atoms with Gasteiger partial charge in [0.1, 0.15) is 0 Å². The lowest BCUT2D eigenvalue weighted by Gasteiger charge is -2.42. The molecule has 0 bridgehead atoms. The van der Waals surface area contributed by atoms with Gasteiger partial charge in [-0.2, -0.15) is 11.8 Å². The average molecular weight is 473 g/mol. The van der Waals surface area contributed by atoms with E-state index in [1.165, 1.54) is 18.4 Å². The van der Waals surface area contributed by atoms with Crippen LogP contribution in [0.2, 0.25) is 0 Å². The molecule has 0 spiro atoms. The molecule has 4 heteroatoms. The largest absolute Gasteiger partial charge is 0.393 e. The smallest absolute Gasteiger partial charge is 0.0822 e. The van der Waals surface area contributed by atoms with Crippen molar-refractivity contribution in [3.05, 3.63) is 59.3 Å². The lowest BCUT2D eigenvalue weighted by molar-refractivity contribution is 0.0826. The summed E-state index contributed by atoms with van der Waals surface area (Å²) in [4.78, 5) is 0. The van der Waals surface area contributed by atoms with E-state index >= 15 is 0 Å². The van der Waals surface area contributed by atoms with Gasteiger partial charge in [0.25, 0.3) is 0 Å². The number of rotatable bonds is 8. The van der Waals surface area contributed by atoms with Crippen molar-refractivity contribution in [3.8, 4) is 0 Å². The summed E-state index contributed by atoms with van der Waals surface area (Å²) >= 11 is 1.96. The van der Waals surface area contributed by atoms with Crippen molar-refractivity contribution in [1.82, 2.24) is 0 Å². The molecule has 0 aromatic heterocycles. The highest BCUT2D eigenvalue weighted by Crippen LogP contribution is 2.56. The van der Waals surface area contributed by atoms with E-state index in [4.69, 9.17) is 0 Å². The normalized spacial score (nSPS) is 34.2. The molecule has 2 saturated carbocycles. The summed E-state index contributed by atoms with van der Waals surface area (Å²) in [5.41, 5.74) is 4.37. The molecule has 2 fully saturated rings. The Morgan fingerprint density at radius 1 is 1.27 bits per heavy atom. The summed E-state index contributed by atoms with van der Waals surface area (Å²) in [6.07, 6.45) is 17.0. The van der Waals surface area contributed by atoms with E-state index in [0.29, 0.717) is 24.0 Å². The molecule has 3 nitrogen and oxygen atoms in total. The van der Waals surface area contributed by atoms with Crippen molar-refractivity contribution in [2.75, 3.05) is 5.75 Å². The quantitative estimate of drug-likeness (QED) is 0.364. The molecule has 0 aliphatic heterocycles. The van der Waals surface area contributed by atoms with Gasteiger partial charge in [0.2, 0.25) is 0 Å². The van der Waals surface area contributed by atoms with Gasteiger partial charge < -0.3 is 15.3 Å². The highest BCUT2D eigenvalue weighted by atomic mass is 32.2. The maximum absolute atomic E-state index is 10.5. The molecule has 3 rings (SSSR count). The maximum atomic E-state index is 10.5. The fraction of sp³-hybridized carbons (Fsp3) is 0.655. The van der Waals surface area contributed by atoms with Gasteiger partial charge in [0.05, 0.1) is 17.8 Å². The predicted molar refractivity (Wildman–Crippen MR) is 141 cm³/mol. The second-order valence-corrected chi connectivity index (χ2v) is 11.8. The molecule has 3 aliphatic rings. The third-order valence-corrected chi connectivity index (χ3v) is 9.55. The summed E-state index contributed by atoms with van der Waals surface area (Å²) in [5, 5.41) is 31.1. The van der Waals surface area contributed by atoms with E-state index in [-0.39, 0.29) is 5.41 Å². The zero-order valence-corrected chi connectivity index (χ0v) is 21.8. The number of aliphatic hydroxyl groups is 3. The molecule has 0 aromatic rings. The fourth-order valence-electron chi connectivity index (χ4n) is 5.99. The molecule has 0 amide bonds. The molecule has 0 unspecified atom stereocenters. The van der Waals surface area contributed by atoms with Crippen LogP contribution in [0.25, 0.3) is 0 Å². The van der Waals surface area contributed by atoms with Crippen molar-refractivity contribution in [2.24, 2.45) is 11.3 Å². The maximum Gasteiger partial charge on any atom is 0.0822 e. The zero-order chi connectivity index (χ0) is 24.2. The number of thioether (sulfide) groups is 1. The van der Waals surface area contributed by atoms with Gasteiger partial charge in [-0.3, -0.25) is 0 Å². The van der Waals surface area contributed by atoms with E-state index in [9.17, 15) is 15.3 Å². The first kappa shape index (κ1) is 26.5. The van der Waals surface area contributed by atoms with Crippen LogP contribution >= 0.6 is 11.8 Å². The van der Waals surface area contributed by atoms with Crippen LogP contribution in [-0.4, -0.2) is 44.1 Å². The third-order valence-electron chi connectivity index (χ3n) is 8.41. The SMILES string of the molecule is C=C1C(=CC=C2CCC[C@]3(C)C([C@H](C)SC/C=C\C(O)(CC)CC)=CC[C@@H]23)C[C@@H](O)C[C@@H]1O. The Labute approximate surface area is 205 Å². The Balaban J connectivity index is 1.67. The first-order chi connectivity index (χ1) is 15.6. The van der Waals surface area contributed by atoms with Crippen molar-refractivity contribution in [1.29, 1.82) is 0 Å². The van der Waals surface area contributed by atoms with Crippen LogP contribution in [0.3, 0.4) is 0 Å². The van der Waals surface area contributed by atoms with Crippen LogP contribution in [0, 0.1) is 11.3 Å². The molecule has 184 valence electrons. The first-order valence-electron chi connectivity index (χ1n) is 12.8. The van der Waals surface area contributed by atoms with Crippen LogP contribution in [0.15, 0.2) is 59.3 Å². The van der Waals surface area contributed by atoms with Crippen LogP contribution in [0.5, 0.6) is 0 Å². The van der Waals surface area contributed by atoms with Crippen molar-refractivity contribution in [3.63, 3.8) is 0 Å².